The van der Waals surface area contributed by atoms with E-state index in [-0.39, 0.29) is 36.4 Å². The molecular weight excluding hydrogens is 481 g/mol. The summed E-state index contributed by atoms with van der Waals surface area (Å²) in [6, 6.07) is 0. The van der Waals surface area contributed by atoms with Crippen molar-refractivity contribution in [3.63, 3.8) is 0 Å². The summed E-state index contributed by atoms with van der Waals surface area (Å²) in [7, 11) is 3.57. The van der Waals surface area contributed by atoms with Gasteiger partial charge in [-0.1, -0.05) is 20.3 Å². The molecule has 29 heavy (non-hydrogen) atoms. The Morgan fingerprint density at radius 1 is 1.24 bits per heavy atom. The molecule has 0 bridgehead atoms. The van der Waals surface area contributed by atoms with Gasteiger partial charge in [0.15, 0.2) is 5.96 Å². The van der Waals surface area contributed by atoms with Gasteiger partial charge < -0.3 is 19.9 Å². The number of morpholine rings is 1. The van der Waals surface area contributed by atoms with Crippen LogP contribution in [0.1, 0.15) is 46.0 Å². The van der Waals surface area contributed by atoms with Crippen molar-refractivity contribution in [1.82, 2.24) is 20.0 Å². The topological polar surface area (TPSA) is 60.4 Å². The number of likely N-dealkylation sites (tertiary alicyclic amines) is 1. The van der Waals surface area contributed by atoms with Gasteiger partial charge in [0.2, 0.25) is 5.91 Å². The Hall–Kier alpha value is -0.610. The SMILES string of the molecule is CCCC1(C)CCCN(C(=NCC(=O)N(C)C)NCCCN2CCOCC2)C1.I. The maximum Gasteiger partial charge on any atom is 0.243 e. The van der Waals surface area contributed by atoms with Gasteiger partial charge in [-0.05, 0) is 37.6 Å². The number of hydrogen-bond donors (Lipinski definition) is 1. The first kappa shape index (κ1) is 26.4. The van der Waals surface area contributed by atoms with Crippen molar-refractivity contribution in [3.8, 4) is 0 Å². The number of nitrogens with zero attached hydrogens (tertiary/aromatic N) is 4. The number of likely N-dealkylation sites (N-methyl/N-ethyl adjacent to an activating group) is 1. The van der Waals surface area contributed by atoms with Gasteiger partial charge >= 0.3 is 0 Å². The number of carbonyl (C=O) groups is 1. The zero-order valence-corrected chi connectivity index (χ0v) is 21.2. The first-order valence-electron chi connectivity index (χ1n) is 11.0. The van der Waals surface area contributed by atoms with E-state index in [1.54, 1.807) is 19.0 Å². The molecule has 2 heterocycles. The fraction of sp³-hybridized carbons (Fsp3) is 0.905. The van der Waals surface area contributed by atoms with Gasteiger partial charge in [0.1, 0.15) is 6.54 Å². The lowest BCUT2D eigenvalue weighted by molar-refractivity contribution is -0.127. The van der Waals surface area contributed by atoms with Crippen molar-refractivity contribution in [2.45, 2.75) is 46.0 Å². The molecule has 2 saturated heterocycles. The fourth-order valence-electron chi connectivity index (χ4n) is 4.18. The van der Waals surface area contributed by atoms with Gasteiger partial charge in [0.25, 0.3) is 0 Å². The van der Waals surface area contributed by atoms with Crippen LogP contribution >= 0.6 is 24.0 Å². The molecule has 0 saturated carbocycles. The third-order valence-corrected chi connectivity index (χ3v) is 5.83. The molecule has 0 aromatic carbocycles. The van der Waals surface area contributed by atoms with Crippen LogP contribution in [0.25, 0.3) is 0 Å². The Morgan fingerprint density at radius 3 is 2.62 bits per heavy atom. The van der Waals surface area contributed by atoms with Crippen molar-refractivity contribution in [2.24, 2.45) is 10.4 Å². The van der Waals surface area contributed by atoms with Crippen LogP contribution in [0, 0.1) is 5.41 Å². The Balaban J connectivity index is 0.00000420. The number of hydrogen-bond acceptors (Lipinski definition) is 4. The van der Waals surface area contributed by atoms with Gasteiger partial charge in [-0.15, -0.1) is 24.0 Å². The Labute approximate surface area is 194 Å². The Kier molecular flexibility index (Phi) is 12.4. The summed E-state index contributed by atoms with van der Waals surface area (Å²) >= 11 is 0. The molecule has 1 atom stereocenters. The summed E-state index contributed by atoms with van der Waals surface area (Å²) in [5, 5.41) is 3.55. The van der Waals surface area contributed by atoms with Crippen LogP contribution in [0.15, 0.2) is 4.99 Å². The van der Waals surface area contributed by atoms with E-state index in [4.69, 9.17) is 4.74 Å². The number of nitrogens with one attached hydrogen (secondary N) is 1. The summed E-state index contributed by atoms with van der Waals surface area (Å²) in [6.45, 7) is 12.6. The summed E-state index contributed by atoms with van der Waals surface area (Å²) in [5.74, 6) is 0.945. The van der Waals surface area contributed by atoms with Gasteiger partial charge in [0.05, 0.1) is 13.2 Å². The number of ether oxygens (including phenoxy) is 1. The van der Waals surface area contributed by atoms with Crippen LogP contribution in [0.3, 0.4) is 0 Å². The third kappa shape index (κ3) is 9.38. The minimum absolute atomic E-state index is 0. The van der Waals surface area contributed by atoms with Crippen LogP contribution in [0.2, 0.25) is 0 Å². The molecule has 0 aromatic rings. The molecular formula is C21H42IN5O2. The van der Waals surface area contributed by atoms with E-state index in [1.165, 1.54) is 25.7 Å². The molecule has 0 aromatic heterocycles. The van der Waals surface area contributed by atoms with E-state index in [2.05, 4.69) is 34.0 Å². The van der Waals surface area contributed by atoms with Crippen molar-refractivity contribution < 1.29 is 9.53 Å². The minimum atomic E-state index is 0. The molecule has 1 N–H and O–H groups in total. The van der Waals surface area contributed by atoms with Crippen molar-refractivity contribution in [1.29, 1.82) is 0 Å². The van der Waals surface area contributed by atoms with Crippen LogP contribution in [0.5, 0.6) is 0 Å². The third-order valence-electron chi connectivity index (χ3n) is 5.83. The number of halogens is 1. The lowest BCUT2D eigenvalue weighted by Crippen LogP contribution is -2.50. The lowest BCUT2D eigenvalue weighted by Gasteiger charge is -2.42. The second kappa shape index (κ2) is 13.6. The predicted octanol–water partition coefficient (Wildman–Crippen LogP) is 2.26. The molecule has 0 aliphatic carbocycles. The molecule has 7 nitrogen and oxygen atoms in total. The van der Waals surface area contributed by atoms with Gasteiger partial charge in [0, 0.05) is 46.8 Å². The first-order chi connectivity index (χ1) is 13.4. The zero-order valence-electron chi connectivity index (χ0n) is 18.9. The molecule has 2 aliphatic heterocycles. The molecule has 1 amide bonds. The van der Waals surface area contributed by atoms with Gasteiger partial charge in [-0.25, -0.2) is 4.99 Å². The van der Waals surface area contributed by atoms with Crippen LogP contribution in [0.4, 0.5) is 0 Å². The first-order valence-corrected chi connectivity index (χ1v) is 11.0. The quantitative estimate of drug-likeness (QED) is 0.229. The number of amides is 1. The van der Waals surface area contributed by atoms with Crippen molar-refractivity contribution in [2.75, 3.05) is 73.1 Å². The largest absolute Gasteiger partial charge is 0.379 e. The normalized spacial score (nSPS) is 23.4. The molecule has 0 spiro atoms. The molecule has 2 aliphatic rings. The standard InChI is InChI=1S/C21H41N5O2.HI/c1-5-8-21(2)9-6-12-26(18-21)20(23-17-19(27)24(3)4)22-10-7-11-25-13-15-28-16-14-25;/h5-18H2,1-4H3,(H,22,23);1H. The van der Waals surface area contributed by atoms with Crippen LogP contribution in [-0.4, -0.2) is 99.7 Å². The van der Waals surface area contributed by atoms with E-state index in [0.717, 1.165) is 64.9 Å². The average molecular weight is 524 g/mol. The summed E-state index contributed by atoms with van der Waals surface area (Å²) in [5.41, 5.74) is 0.342. The molecule has 0 radical (unpaired) electrons. The second-order valence-corrected chi connectivity index (χ2v) is 8.75. The van der Waals surface area contributed by atoms with E-state index < -0.39 is 0 Å². The molecule has 8 heteroatoms. The molecule has 2 fully saturated rings. The van der Waals surface area contributed by atoms with E-state index in [1.807, 2.05) is 0 Å². The molecule has 1 unspecified atom stereocenters. The maximum atomic E-state index is 12.1. The van der Waals surface area contributed by atoms with Crippen LogP contribution < -0.4 is 5.32 Å². The highest BCUT2D eigenvalue weighted by Crippen LogP contribution is 2.33. The average Bonchev–Trinajstić information content (AvgIpc) is 2.67. The lowest BCUT2D eigenvalue weighted by atomic mass is 9.78. The highest BCUT2D eigenvalue weighted by Gasteiger charge is 2.31. The Morgan fingerprint density at radius 2 is 1.97 bits per heavy atom. The number of carbonyl (C=O) groups excluding carboxylic acids is 1. The summed E-state index contributed by atoms with van der Waals surface area (Å²) in [4.78, 5) is 23.2. The number of guanidine groups is 1. The van der Waals surface area contributed by atoms with Crippen LogP contribution in [-0.2, 0) is 9.53 Å². The molecule has 2 rings (SSSR count). The van der Waals surface area contributed by atoms with Gasteiger partial charge in [-0.2, -0.15) is 0 Å². The van der Waals surface area contributed by atoms with E-state index >= 15 is 0 Å². The fourth-order valence-corrected chi connectivity index (χ4v) is 4.18. The van der Waals surface area contributed by atoms with E-state index in [0.29, 0.717) is 5.41 Å². The smallest absolute Gasteiger partial charge is 0.243 e. The van der Waals surface area contributed by atoms with Gasteiger partial charge in [-0.3, -0.25) is 9.69 Å². The second-order valence-electron chi connectivity index (χ2n) is 8.75. The van der Waals surface area contributed by atoms with Crippen molar-refractivity contribution in [3.05, 3.63) is 0 Å². The highest BCUT2D eigenvalue weighted by atomic mass is 127. The molecule has 170 valence electrons. The monoisotopic (exact) mass is 523 g/mol. The van der Waals surface area contributed by atoms with E-state index in [9.17, 15) is 4.79 Å². The summed E-state index contributed by atoms with van der Waals surface area (Å²) < 4.78 is 5.42. The number of aliphatic imine (C=N–C) groups is 1. The zero-order chi connectivity index (χ0) is 20.4. The predicted molar refractivity (Wildman–Crippen MR) is 130 cm³/mol. The maximum absolute atomic E-state index is 12.1. The highest BCUT2D eigenvalue weighted by molar-refractivity contribution is 14.0. The summed E-state index contributed by atoms with van der Waals surface area (Å²) in [6.07, 6.45) is 5.99. The van der Waals surface area contributed by atoms with Crippen molar-refractivity contribution >= 4 is 35.8 Å². The minimum Gasteiger partial charge on any atom is -0.379 e. The Bertz CT molecular complexity index is 507. The number of rotatable bonds is 8. The number of piperidine rings is 1.